The number of phenolic OH excluding ortho intramolecular Hbond substituents is 2. The van der Waals surface area contributed by atoms with Crippen LogP contribution in [0.5, 0.6) is 23.0 Å². The van der Waals surface area contributed by atoms with Gasteiger partial charge in [-0.1, -0.05) is 0 Å². The molecule has 3 heterocycles. The second kappa shape index (κ2) is 11.6. The molecule has 2 saturated heterocycles. The summed E-state index contributed by atoms with van der Waals surface area (Å²) in [6, 6.07) is 7.61. The van der Waals surface area contributed by atoms with E-state index >= 15 is 0 Å². The predicted molar refractivity (Wildman–Crippen MR) is 139 cm³/mol. The first-order valence-electron chi connectivity index (χ1n) is 12.9. The highest BCUT2D eigenvalue weighted by atomic mass is 16.8. The third-order valence-corrected chi connectivity index (χ3v) is 7.23. The molecule has 0 bridgehead atoms. The highest BCUT2D eigenvalue weighted by Crippen LogP contribution is 2.37. The zero-order chi connectivity index (χ0) is 30.5. The van der Waals surface area contributed by atoms with E-state index in [-0.39, 0.29) is 33.8 Å². The Hall–Kier alpha value is -3.51. The summed E-state index contributed by atoms with van der Waals surface area (Å²) >= 11 is 0. The topological polar surface area (TPSA) is 249 Å². The summed E-state index contributed by atoms with van der Waals surface area (Å²) in [5, 5.41) is 91.5. The van der Waals surface area contributed by atoms with E-state index in [0.717, 1.165) is 6.07 Å². The normalized spacial score (nSPS) is 33.5. The van der Waals surface area contributed by atoms with E-state index in [2.05, 4.69) is 0 Å². The molecule has 0 amide bonds. The molecule has 0 saturated carbocycles. The van der Waals surface area contributed by atoms with Gasteiger partial charge in [0, 0.05) is 17.7 Å². The first-order chi connectivity index (χ1) is 19.9. The highest BCUT2D eigenvalue weighted by molar-refractivity contribution is 5.88. The van der Waals surface area contributed by atoms with Crippen molar-refractivity contribution in [1.82, 2.24) is 0 Å². The number of hydrogen-bond acceptors (Lipinski definition) is 15. The Balaban J connectivity index is 1.48. The predicted octanol–water partition coefficient (Wildman–Crippen LogP) is -1.39. The van der Waals surface area contributed by atoms with Crippen molar-refractivity contribution >= 4 is 11.0 Å². The lowest BCUT2D eigenvalue weighted by Gasteiger charge is -2.45. The van der Waals surface area contributed by atoms with Gasteiger partial charge in [0.05, 0.1) is 12.7 Å². The summed E-state index contributed by atoms with van der Waals surface area (Å²) in [7, 11) is 0. The zero-order valence-electron chi connectivity index (χ0n) is 21.9. The molecule has 5 rings (SSSR count). The molecule has 9 N–H and O–H groups in total. The molecule has 2 aromatic carbocycles. The van der Waals surface area contributed by atoms with Gasteiger partial charge < -0.3 is 69.3 Å². The molecule has 228 valence electrons. The van der Waals surface area contributed by atoms with Crippen molar-refractivity contribution in [2.75, 3.05) is 6.61 Å². The molecular formula is C27H30O15. The summed E-state index contributed by atoms with van der Waals surface area (Å²) < 4.78 is 28.2. The highest BCUT2D eigenvalue weighted by Gasteiger charge is 2.50. The van der Waals surface area contributed by atoms with Gasteiger partial charge in [-0.25, -0.2) is 0 Å². The van der Waals surface area contributed by atoms with Crippen LogP contribution in [0.25, 0.3) is 22.3 Å². The average molecular weight is 595 g/mol. The zero-order valence-corrected chi connectivity index (χ0v) is 21.9. The van der Waals surface area contributed by atoms with Gasteiger partial charge in [-0.05, 0) is 31.2 Å². The smallest absolute Gasteiger partial charge is 0.238 e. The fraction of sp³-hybridized carbons (Fsp3) is 0.444. The standard InChI is InChI=1S/C27H30O15/c1-9-17(31)21(35)25(42-26-23(37)20(34)18(32)15(8-28)41-26)27(38-9)39-12-6-13(30)16-14(7-12)40-24(22(36)19(16)33)10-2-4-11(29)5-3-10/h2-7,9,15,17-18,20-21,23,25-32,34-37H,8H2,1H3/t9-,15+,17-,18+,20-,21+,23+,25+,26?,27-/m0/s1. The molecule has 1 aromatic heterocycles. The van der Waals surface area contributed by atoms with Crippen LogP contribution in [-0.2, 0) is 14.2 Å². The molecule has 2 fully saturated rings. The van der Waals surface area contributed by atoms with Crippen LogP contribution >= 0.6 is 0 Å². The van der Waals surface area contributed by atoms with Gasteiger partial charge in [-0.2, -0.15) is 0 Å². The van der Waals surface area contributed by atoms with Crippen molar-refractivity contribution in [2.24, 2.45) is 0 Å². The van der Waals surface area contributed by atoms with Crippen molar-refractivity contribution in [1.29, 1.82) is 0 Å². The van der Waals surface area contributed by atoms with Crippen molar-refractivity contribution < 1.29 is 69.3 Å². The van der Waals surface area contributed by atoms with E-state index in [1.807, 2.05) is 0 Å². The average Bonchev–Trinajstić information content (AvgIpc) is 2.96. The third kappa shape index (κ3) is 5.37. The second-order valence-corrected chi connectivity index (χ2v) is 10.1. The summed E-state index contributed by atoms with van der Waals surface area (Å²) in [6.07, 6.45) is -15.7. The monoisotopic (exact) mass is 594 g/mol. The van der Waals surface area contributed by atoms with E-state index in [9.17, 15) is 50.8 Å². The maximum atomic E-state index is 12.9. The maximum Gasteiger partial charge on any atom is 0.238 e. The summed E-state index contributed by atoms with van der Waals surface area (Å²) in [5.41, 5.74) is -0.926. The number of aliphatic hydroxyl groups is 6. The Kier molecular flexibility index (Phi) is 8.30. The van der Waals surface area contributed by atoms with Crippen LogP contribution in [0, 0.1) is 0 Å². The second-order valence-electron chi connectivity index (χ2n) is 10.1. The van der Waals surface area contributed by atoms with Gasteiger partial charge >= 0.3 is 0 Å². The summed E-state index contributed by atoms with van der Waals surface area (Å²) in [6.45, 7) is 0.690. The van der Waals surface area contributed by atoms with Gasteiger partial charge in [-0.3, -0.25) is 4.79 Å². The van der Waals surface area contributed by atoms with Gasteiger partial charge in [0.2, 0.25) is 17.5 Å². The van der Waals surface area contributed by atoms with Crippen molar-refractivity contribution in [2.45, 2.75) is 68.3 Å². The SMILES string of the molecule is C[C@@H]1O[C@@H](Oc2cc(O)c3c(=O)c(O)c(-c4ccc(O)cc4)oc3c2)[C@H](OC2O[C@H](CO)[C@@H](O)[C@H](O)[C@H]2O)[C@H](O)[C@H]1O. The number of ether oxygens (including phenoxy) is 4. The Morgan fingerprint density at radius 2 is 1.52 bits per heavy atom. The van der Waals surface area contributed by atoms with Gasteiger partial charge in [0.15, 0.2) is 18.2 Å². The quantitative estimate of drug-likeness (QED) is 0.159. The number of benzene rings is 2. The van der Waals surface area contributed by atoms with Crippen LogP contribution in [0.3, 0.4) is 0 Å². The molecule has 10 atom stereocenters. The van der Waals surface area contributed by atoms with E-state index in [1.54, 1.807) is 0 Å². The first kappa shape index (κ1) is 30.0. The Bertz CT molecular complexity index is 1470. The molecule has 42 heavy (non-hydrogen) atoms. The van der Waals surface area contributed by atoms with Crippen LogP contribution in [0.15, 0.2) is 45.6 Å². The first-order valence-corrected chi connectivity index (χ1v) is 12.9. The number of aromatic hydroxyl groups is 3. The minimum Gasteiger partial charge on any atom is -0.508 e. The van der Waals surface area contributed by atoms with Crippen LogP contribution in [0.4, 0.5) is 0 Å². The minimum atomic E-state index is -1.84. The molecular weight excluding hydrogens is 564 g/mol. The van der Waals surface area contributed by atoms with Crippen molar-refractivity contribution in [3.63, 3.8) is 0 Å². The maximum absolute atomic E-state index is 12.9. The molecule has 0 aliphatic carbocycles. The lowest BCUT2D eigenvalue weighted by molar-refractivity contribution is -0.355. The molecule has 0 radical (unpaired) electrons. The van der Waals surface area contributed by atoms with E-state index < -0.39 is 84.9 Å². The van der Waals surface area contributed by atoms with E-state index in [4.69, 9.17) is 23.4 Å². The number of fused-ring (bicyclic) bond motifs is 1. The van der Waals surface area contributed by atoms with Crippen LogP contribution in [0.1, 0.15) is 6.92 Å². The lowest BCUT2D eigenvalue weighted by Crippen LogP contribution is -2.64. The van der Waals surface area contributed by atoms with Gasteiger partial charge in [-0.15, -0.1) is 0 Å². The number of rotatable bonds is 6. The Morgan fingerprint density at radius 3 is 2.19 bits per heavy atom. The molecule has 15 nitrogen and oxygen atoms in total. The van der Waals surface area contributed by atoms with Crippen molar-refractivity contribution in [3.05, 3.63) is 46.6 Å². The molecule has 15 heteroatoms. The summed E-state index contributed by atoms with van der Waals surface area (Å²) in [5.74, 6) is -1.92. The summed E-state index contributed by atoms with van der Waals surface area (Å²) in [4.78, 5) is 12.9. The molecule has 0 spiro atoms. The van der Waals surface area contributed by atoms with E-state index in [0.29, 0.717) is 0 Å². The number of phenols is 2. The fourth-order valence-corrected chi connectivity index (χ4v) is 4.85. The number of hydrogen-bond donors (Lipinski definition) is 9. The van der Waals surface area contributed by atoms with Crippen molar-refractivity contribution in [3.8, 4) is 34.3 Å². The Labute approximate surface area is 236 Å². The molecule has 1 unspecified atom stereocenters. The Morgan fingerprint density at radius 1 is 0.833 bits per heavy atom. The molecule has 2 aliphatic heterocycles. The van der Waals surface area contributed by atoms with Gasteiger partial charge in [0.1, 0.15) is 64.8 Å². The molecule has 2 aliphatic rings. The van der Waals surface area contributed by atoms with E-state index in [1.165, 1.54) is 37.3 Å². The van der Waals surface area contributed by atoms with Crippen LogP contribution in [-0.4, -0.2) is 114 Å². The largest absolute Gasteiger partial charge is 0.508 e. The van der Waals surface area contributed by atoms with Crippen LogP contribution < -0.4 is 10.2 Å². The van der Waals surface area contributed by atoms with Crippen LogP contribution in [0.2, 0.25) is 0 Å². The third-order valence-electron chi connectivity index (χ3n) is 7.23. The minimum absolute atomic E-state index is 0.0655. The number of aliphatic hydroxyl groups excluding tert-OH is 6. The van der Waals surface area contributed by atoms with Gasteiger partial charge in [0.25, 0.3) is 0 Å². The molecule has 3 aromatic rings. The fourth-order valence-electron chi connectivity index (χ4n) is 4.85. The lowest BCUT2D eigenvalue weighted by atomic mass is 9.97.